The first kappa shape index (κ1) is 15.5. The van der Waals surface area contributed by atoms with Crippen LogP contribution in [0, 0.1) is 0 Å². The second-order valence-corrected chi connectivity index (χ2v) is 5.50. The highest BCUT2D eigenvalue weighted by atomic mass is 79.9. The van der Waals surface area contributed by atoms with Crippen molar-refractivity contribution in [2.75, 3.05) is 7.11 Å². The molecule has 4 nitrogen and oxygen atoms in total. The predicted molar refractivity (Wildman–Crippen MR) is 92.6 cm³/mol. The van der Waals surface area contributed by atoms with E-state index < -0.39 is 0 Å². The molecule has 0 aliphatic carbocycles. The number of benzene rings is 2. The molecule has 0 amide bonds. The molecule has 1 heterocycles. The quantitative estimate of drug-likeness (QED) is 0.503. The molecule has 0 bridgehead atoms. The van der Waals surface area contributed by atoms with Gasteiger partial charge in [-0.2, -0.15) is 5.10 Å². The molecule has 116 valence electrons. The van der Waals surface area contributed by atoms with E-state index in [1.165, 1.54) is 0 Å². The Labute approximate surface area is 142 Å². The lowest BCUT2D eigenvalue weighted by Crippen LogP contribution is -2.06. The number of methoxy groups -OCH3 is 1. The molecule has 2 aromatic carbocycles. The van der Waals surface area contributed by atoms with Crippen molar-refractivity contribution in [3.63, 3.8) is 0 Å². The van der Waals surface area contributed by atoms with Gasteiger partial charge in [-0.3, -0.25) is 4.79 Å². The Hall–Kier alpha value is -2.40. The van der Waals surface area contributed by atoms with Gasteiger partial charge in [-0.1, -0.05) is 34.1 Å². The van der Waals surface area contributed by atoms with Crippen molar-refractivity contribution in [1.29, 1.82) is 0 Å². The van der Waals surface area contributed by atoms with Gasteiger partial charge < -0.3 is 4.74 Å². The van der Waals surface area contributed by atoms with Gasteiger partial charge in [0, 0.05) is 10.9 Å². The molecule has 1 aromatic heterocycles. The number of hydrogen-bond acceptors (Lipinski definition) is 3. The van der Waals surface area contributed by atoms with Crippen molar-refractivity contribution in [3.05, 3.63) is 77.6 Å². The van der Waals surface area contributed by atoms with Gasteiger partial charge in [0.25, 0.3) is 0 Å². The zero-order valence-corrected chi connectivity index (χ0v) is 14.2. The van der Waals surface area contributed by atoms with Gasteiger partial charge in [0.1, 0.15) is 5.75 Å². The highest BCUT2D eigenvalue weighted by Crippen LogP contribution is 2.21. The first-order valence-electron chi connectivity index (χ1n) is 7.11. The Morgan fingerprint density at radius 1 is 1.13 bits per heavy atom. The van der Waals surface area contributed by atoms with Crippen LogP contribution in [0.4, 0.5) is 0 Å². The Balaban J connectivity index is 1.99. The molecule has 0 spiro atoms. The fourth-order valence-electron chi connectivity index (χ4n) is 2.38. The molecule has 0 saturated carbocycles. The van der Waals surface area contributed by atoms with Gasteiger partial charge in [0.15, 0.2) is 5.78 Å². The molecular weight excluding hydrogens is 356 g/mol. The smallest absolute Gasteiger partial charge is 0.196 e. The van der Waals surface area contributed by atoms with Crippen LogP contribution in [-0.2, 0) is 5.33 Å². The van der Waals surface area contributed by atoms with E-state index in [9.17, 15) is 4.79 Å². The lowest BCUT2D eigenvalue weighted by atomic mass is 10.0. The molecule has 3 aromatic rings. The second-order valence-electron chi connectivity index (χ2n) is 4.94. The van der Waals surface area contributed by atoms with Crippen LogP contribution in [0.25, 0.3) is 5.69 Å². The van der Waals surface area contributed by atoms with Crippen molar-refractivity contribution >= 4 is 21.7 Å². The average molecular weight is 371 g/mol. The van der Waals surface area contributed by atoms with Crippen molar-refractivity contribution in [2.45, 2.75) is 5.33 Å². The molecule has 0 radical (unpaired) electrons. The summed E-state index contributed by atoms with van der Waals surface area (Å²) in [6.45, 7) is 0. The molecule has 0 aliphatic heterocycles. The number of aromatic nitrogens is 2. The lowest BCUT2D eigenvalue weighted by Gasteiger charge is -2.07. The Morgan fingerprint density at radius 2 is 1.83 bits per heavy atom. The first-order valence-corrected chi connectivity index (χ1v) is 8.23. The Morgan fingerprint density at radius 3 is 2.43 bits per heavy atom. The summed E-state index contributed by atoms with van der Waals surface area (Å²) in [5.74, 6) is 0.673. The topological polar surface area (TPSA) is 44.1 Å². The normalized spacial score (nSPS) is 10.5. The van der Waals surface area contributed by atoms with Crippen LogP contribution in [0.3, 0.4) is 0 Å². The number of alkyl halides is 1. The van der Waals surface area contributed by atoms with Crippen LogP contribution in [0.1, 0.15) is 21.6 Å². The molecule has 0 aliphatic rings. The number of para-hydroxylation sites is 1. The van der Waals surface area contributed by atoms with Gasteiger partial charge >= 0.3 is 0 Å². The third-order valence-corrected chi connectivity index (χ3v) is 4.12. The van der Waals surface area contributed by atoms with E-state index in [1.807, 2.05) is 30.3 Å². The monoisotopic (exact) mass is 370 g/mol. The third-order valence-electron chi connectivity index (χ3n) is 3.59. The summed E-state index contributed by atoms with van der Waals surface area (Å²) in [6, 6.07) is 16.8. The number of ketones is 1. The molecule has 0 saturated heterocycles. The standard InChI is InChI=1S/C18H15BrN2O2/c1-23-15-9-7-13(8-10-15)18(22)16-12-20-21(17(16)11-19)14-5-3-2-4-6-14/h2-10,12H,11H2,1H3. The zero-order chi connectivity index (χ0) is 16.2. The zero-order valence-electron chi connectivity index (χ0n) is 12.6. The number of nitrogens with zero attached hydrogens (tertiary/aromatic N) is 2. The third kappa shape index (κ3) is 3.05. The van der Waals surface area contributed by atoms with Gasteiger partial charge in [-0.05, 0) is 36.4 Å². The van der Waals surface area contributed by atoms with E-state index in [0.29, 0.717) is 16.5 Å². The predicted octanol–water partition coefficient (Wildman–Crippen LogP) is 4.01. The number of carbonyl (C=O) groups is 1. The first-order chi connectivity index (χ1) is 11.2. The molecular formula is C18H15BrN2O2. The van der Waals surface area contributed by atoms with Crippen molar-refractivity contribution in [1.82, 2.24) is 9.78 Å². The molecule has 3 rings (SSSR count). The highest BCUT2D eigenvalue weighted by Gasteiger charge is 2.19. The van der Waals surface area contributed by atoms with Crippen LogP contribution in [-0.4, -0.2) is 22.7 Å². The van der Waals surface area contributed by atoms with E-state index in [2.05, 4.69) is 21.0 Å². The largest absolute Gasteiger partial charge is 0.497 e. The van der Waals surface area contributed by atoms with E-state index in [0.717, 1.165) is 17.1 Å². The maximum Gasteiger partial charge on any atom is 0.196 e. The minimum Gasteiger partial charge on any atom is -0.497 e. The van der Waals surface area contributed by atoms with Crippen molar-refractivity contribution < 1.29 is 9.53 Å². The SMILES string of the molecule is COc1ccc(C(=O)c2cnn(-c3ccccc3)c2CBr)cc1. The molecule has 0 N–H and O–H groups in total. The number of ether oxygens (including phenoxy) is 1. The Bertz CT molecular complexity index is 811. The van der Waals surface area contributed by atoms with E-state index in [4.69, 9.17) is 4.74 Å². The summed E-state index contributed by atoms with van der Waals surface area (Å²) in [4.78, 5) is 12.8. The van der Waals surface area contributed by atoms with Crippen LogP contribution in [0.15, 0.2) is 60.8 Å². The van der Waals surface area contributed by atoms with E-state index in [-0.39, 0.29) is 5.78 Å². The van der Waals surface area contributed by atoms with E-state index >= 15 is 0 Å². The van der Waals surface area contributed by atoms with Crippen LogP contribution in [0.2, 0.25) is 0 Å². The van der Waals surface area contributed by atoms with Crippen LogP contribution >= 0.6 is 15.9 Å². The van der Waals surface area contributed by atoms with Crippen LogP contribution in [0.5, 0.6) is 5.75 Å². The summed E-state index contributed by atoms with van der Waals surface area (Å²) in [5.41, 5.74) is 2.96. The summed E-state index contributed by atoms with van der Waals surface area (Å²) in [5, 5.41) is 4.92. The molecule has 0 fully saturated rings. The minimum absolute atomic E-state index is 0.0516. The summed E-state index contributed by atoms with van der Waals surface area (Å²) in [7, 11) is 1.60. The number of halogens is 1. The van der Waals surface area contributed by atoms with Crippen LogP contribution < -0.4 is 4.74 Å². The fourth-order valence-corrected chi connectivity index (χ4v) is 2.92. The molecule has 0 unspecified atom stereocenters. The highest BCUT2D eigenvalue weighted by molar-refractivity contribution is 9.08. The van der Waals surface area contributed by atoms with Gasteiger partial charge in [-0.25, -0.2) is 4.68 Å². The summed E-state index contributed by atoms with van der Waals surface area (Å²) >= 11 is 3.47. The fraction of sp³-hybridized carbons (Fsp3) is 0.111. The number of carbonyl (C=O) groups excluding carboxylic acids is 1. The second kappa shape index (κ2) is 6.79. The number of rotatable bonds is 5. The van der Waals surface area contributed by atoms with E-state index in [1.54, 1.807) is 42.3 Å². The summed E-state index contributed by atoms with van der Waals surface area (Å²) in [6.07, 6.45) is 1.62. The maximum absolute atomic E-state index is 12.8. The molecule has 5 heteroatoms. The average Bonchev–Trinajstić information content (AvgIpc) is 3.06. The minimum atomic E-state index is -0.0516. The number of hydrogen-bond donors (Lipinski definition) is 0. The lowest BCUT2D eigenvalue weighted by molar-refractivity contribution is 0.103. The Kier molecular flexibility index (Phi) is 4.57. The molecule has 0 atom stereocenters. The van der Waals surface area contributed by atoms with Gasteiger partial charge in [0.2, 0.25) is 0 Å². The maximum atomic E-state index is 12.8. The van der Waals surface area contributed by atoms with Gasteiger partial charge in [0.05, 0.1) is 30.3 Å². The summed E-state index contributed by atoms with van der Waals surface area (Å²) < 4.78 is 6.91. The van der Waals surface area contributed by atoms with Crippen molar-refractivity contribution in [2.24, 2.45) is 0 Å². The van der Waals surface area contributed by atoms with Gasteiger partial charge in [-0.15, -0.1) is 0 Å². The molecule has 23 heavy (non-hydrogen) atoms. The van der Waals surface area contributed by atoms with Crippen molar-refractivity contribution in [3.8, 4) is 11.4 Å².